The van der Waals surface area contributed by atoms with Crippen molar-refractivity contribution in [1.29, 1.82) is 0 Å². The highest BCUT2D eigenvalue weighted by molar-refractivity contribution is 9.10. The van der Waals surface area contributed by atoms with Crippen LogP contribution in [0.2, 0.25) is 0 Å². The Hall–Kier alpha value is -0.580. The molecule has 1 aliphatic heterocycles. The third kappa shape index (κ3) is 2.97. The number of benzene rings is 1. The lowest BCUT2D eigenvalue weighted by Crippen LogP contribution is -2.46. The van der Waals surface area contributed by atoms with Crippen molar-refractivity contribution in [3.63, 3.8) is 0 Å². The third-order valence-electron chi connectivity index (χ3n) is 2.51. The maximum absolute atomic E-state index is 12.1. The summed E-state index contributed by atoms with van der Waals surface area (Å²) in [4.78, 5) is 14.0. The van der Waals surface area contributed by atoms with Crippen LogP contribution in [0.5, 0.6) is 0 Å². The summed E-state index contributed by atoms with van der Waals surface area (Å²) in [6.07, 6.45) is 0. The average Bonchev–Trinajstić information content (AvgIpc) is 2.30. The Morgan fingerprint density at radius 1 is 1.25 bits per heavy atom. The zero-order valence-electron chi connectivity index (χ0n) is 8.78. The van der Waals surface area contributed by atoms with Crippen LogP contribution >= 0.6 is 28.3 Å². The fourth-order valence-corrected chi connectivity index (χ4v) is 2.13. The SMILES string of the molecule is Cl.O=C(c1ccccc1Br)N1CCNCC1. The van der Waals surface area contributed by atoms with E-state index in [-0.39, 0.29) is 18.3 Å². The standard InChI is InChI=1S/C11H13BrN2O.ClH/c12-10-4-2-1-3-9(10)11(15)14-7-5-13-6-8-14;/h1-4,13H,5-8H2;1H. The minimum absolute atomic E-state index is 0. The van der Waals surface area contributed by atoms with E-state index in [2.05, 4.69) is 21.2 Å². The Morgan fingerprint density at radius 3 is 2.50 bits per heavy atom. The van der Waals surface area contributed by atoms with Gasteiger partial charge in [-0.2, -0.15) is 0 Å². The van der Waals surface area contributed by atoms with Gasteiger partial charge in [-0.1, -0.05) is 12.1 Å². The molecule has 1 heterocycles. The lowest BCUT2D eigenvalue weighted by atomic mass is 10.2. The summed E-state index contributed by atoms with van der Waals surface area (Å²) >= 11 is 3.40. The van der Waals surface area contributed by atoms with Crippen molar-refractivity contribution in [1.82, 2.24) is 10.2 Å². The van der Waals surface area contributed by atoms with E-state index in [0.717, 1.165) is 36.2 Å². The van der Waals surface area contributed by atoms with Crippen molar-refractivity contribution in [2.75, 3.05) is 26.2 Å². The maximum atomic E-state index is 12.1. The first-order valence-electron chi connectivity index (χ1n) is 5.03. The highest BCUT2D eigenvalue weighted by Crippen LogP contribution is 2.17. The normalized spacial score (nSPS) is 15.4. The molecular weight excluding hydrogens is 291 g/mol. The van der Waals surface area contributed by atoms with Crippen LogP contribution < -0.4 is 5.32 Å². The highest BCUT2D eigenvalue weighted by Gasteiger charge is 2.19. The molecule has 1 aliphatic rings. The Kier molecular flexibility index (Phi) is 5.25. The quantitative estimate of drug-likeness (QED) is 0.860. The van der Waals surface area contributed by atoms with Crippen molar-refractivity contribution in [2.24, 2.45) is 0 Å². The van der Waals surface area contributed by atoms with Crippen LogP contribution in [0.4, 0.5) is 0 Å². The van der Waals surface area contributed by atoms with Gasteiger partial charge in [0.15, 0.2) is 0 Å². The molecule has 0 bridgehead atoms. The molecule has 2 rings (SSSR count). The molecule has 0 aromatic heterocycles. The van der Waals surface area contributed by atoms with Crippen LogP contribution in [-0.4, -0.2) is 37.0 Å². The number of nitrogens with one attached hydrogen (secondary N) is 1. The molecule has 3 nitrogen and oxygen atoms in total. The molecule has 0 atom stereocenters. The van der Waals surface area contributed by atoms with E-state index in [4.69, 9.17) is 0 Å². The maximum Gasteiger partial charge on any atom is 0.255 e. The molecule has 88 valence electrons. The number of piperazine rings is 1. The number of hydrogen-bond acceptors (Lipinski definition) is 2. The Morgan fingerprint density at radius 2 is 1.88 bits per heavy atom. The van der Waals surface area contributed by atoms with E-state index in [1.165, 1.54) is 0 Å². The summed E-state index contributed by atoms with van der Waals surface area (Å²) < 4.78 is 0.869. The highest BCUT2D eigenvalue weighted by atomic mass is 79.9. The first-order chi connectivity index (χ1) is 7.29. The predicted molar refractivity (Wildman–Crippen MR) is 70.2 cm³/mol. The van der Waals surface area contributed by atoms with Crippen LogP contribution in [0, 0.1) is 0 Å². The topological polar surface area (TPSA) is 32.3 Å². The monoisotopic (exact) mass is 304 g/mol. The van der Waals surface area contributed by atoms with E-state index < -0.39 is 0 Å². The molecule has 1 saturated heterocycles. The Balaban J connectivity index is 0.00000128. The van der Waals surface area contributed by atoms with Gasteiger partial charge in [-0.3, -0.25) is 4.79 Å². The smallest absolute Gasteiger partial charge is 0.255 e. The molecular formula is C11H14BrClN2O. The minimum atomic E-state index is 0. The molecule has 1 amide bonds. The number of rotatable bonds is 1. The number of carbonyl (C=O) groups is 1. The number of carbonyl (C=O) groups excluding carboxylic acids is 1. The van der Waals surface area contributed by atoms with Crippen molar-refractivity contribution in [3.8, 4) is 0 Å². The first-order valence-corrected chi connectivity index (χ1v) is 5.83. The summed E-state index contributed by atoms with van der Waals surface area (Å²) in [5.41, 5.74) is 0.749. The van der Waals surface area contributed by atoms with Crippen molar-refractivity contribution in [2.45, 2.75) is 0 Å². The van der Waals surface area contributed by atoms with Crippen LogP contribution in [-0.2, 0) is 0 Å². The average molecular weight is 306 g/mol. The summed E-state index contributed by atoms with van der Waals surface area (Å²) in [5.74, 6) is 0.115. The molecule has 0 aliphatic carbocycles. The van der Waals surface area contributed by atoms with Crippen LogP contribution in [0.25, 0.3) is 0 Å². The largest absolute Gasteiger partial charge is 0.336 e. The number of halogens is 2. The summed E-state index contributed by atoms with van der Waals surface area (Å²) in [6.45, 7) is 3.35. The van der Waals surface area contributed by atoms with Gasteiger partial charge in [0.05, 0.1) is 5.56 Å². The molecule has 0 spiro atoms. The molecule has 1 fully saturated rings. The zero-order chi connectivity index (χ0) is 10.7. The third-order valence-corrected chi connectivity index (χ3v) is 3.20. The predicted octanol–water partition coefficient (Wildman–Crippen LogP) is 1.92. The summed E-state index contributed by atoms with van der Waals surface area (Å²) in [6, 6.07) is 7.56. The minimum Gasteiger partial charge on any atom is -0.336 e. The number of amides is 1. The van der Waals surface area contributed by atoms with Gasteiger partial charge >= 0.3 is 0 Å². The lowest BCUT2D eigenvalue weighted by molar-refractivity contribution is 0.0735. The second kappa shape index (κ2) is 6.23. The van der Waals surface area contributed by atoms with Gasteiger partial charge in [-0.05, 0) is 28.1 Å². The molecule has 0 unspecified atom stereocenters. The molecule has 5 heteroatoms. The molecule has 0 radical (unpaired) electrons. The van der Waals surface area contributed by atoms with Crippen LogP contribution in [0.3, 0.4) is 0 Å². The van der Waals surface area contributed by atoms with Gasteiger partial charge in [0.2, 0.25) is 0 Å². The van der Waals surface area contributed by atoms with E-state index >= 15 is 0 Å². The van der Waals surface area contributed by atoms with Crippen LogP contribution in [0.15, 0.2) is 28.7 Å². The fourth-order valence-electron chi connectivity index (χ4n) is 1.67. The van der Waals surface area contributed by atoms with Crippen LogP contribution in [0.1, 0.15) is 10.4 Å². The number of nitrogens with zero attached hydrogens (tertiary/aromatic N) is 1. The van der Waals surface area contributed by atoms with Gasteiger partial charge in [-0.25, -0.2) is 0 Å². The van der Waals surface area contributed by atoms with Gasteiger partial charge in [0.25, 0.3) is 5.91 Å². The Labute approximate surface area is 110 Å². The first kappa shape index (κ1) is 13.5. The van der Waals surface area contributed by atoms with Crippen molar-refractivity contribution in [3.05, 3.63) is 34.3 Å². The Bertz CT molecular complexity index is 367. The number of hydrogen-bond donors (Lipinski definition) is 1. The van der Waals surface area contributed by atoms with Gasteiger partial charge in [0, 0.05) is 30.7 Å². The second-order valence-corrected chi connectivity index (χ2v) is 4.38. The van der Waals surface area contributed by atoms with Gasteiger partial charge in [-0.15, -0.1) is 12.4 Å². The molecule has 0 saturated carbocycles. The van der Waals surface area contributed by atoms with E-state index in [1.807, 2.05) is 29.2 Å². The molecule has 1 aromatic carbocycles. The summed E-state index contributed by atoms with van der Waals surface area (Å²) in [5, 5.41) is 3.23. The molecule has 1 N–H and O–H groups in total. The van der Waals surface area contributed by atoms with Crippen molar-refractivity contribution < 1.29 is 4.79 Å². The van der Waals surface area contributed by atoms with Gasteiger partial charge in [0.1, 0.15) is 0 Å². The van der Waals surface area contributed by atoms with Crippen molar-refractivity contribution >= 4 is 34.2 Å². The van der Waals surface area contributed by atoms with E-state index in [0.29, 0.717) is 0 Å². The molecule has 16 heavy (non-hydrogen) atoms. The molecule has 1 aromatic rings. The lowest BCUT2D eigenvalue weighted by Gasteiger charge is -2.27. The van der Waals surface area contributed by atoms with E-state index in [9.17, 15) is 4.79 Å². The fraction of sp³-hybridized carbons (Fsp3) is 0.364. The van der Waals surface area contributed by atoms with Gasteiger partial charge < -0.3 is 10.2 Å². The van der Waals surface area contributed by atoms with E-state index in [1.54, 1.807) is 0 Å². The summed E-state index contributed by atoms with van der Waals surface area (Å²) in [7, 11) is 0. The zero-order valence-corrected chi connectivity index (χ0v) is 11.2. The second-order valence-electron chi connectivity index (χ2n) is 3.52.